The van der Waals surface area contributed by atoms with Crippen LogP contribution in [0.5, 0.6) is 5.75 Å². The molecule has 0 amide bonds. The van der Waals surface area contributed by atoms with E-state index in [-0.39, 0.29) is 0 Å². The molecule has 0 aliphatic heterocycles. The lowest BCUT2D eigenvalue weighted by molar-refractivity contribution is 0.344. The van der Waals surface area contributed by atoms with E-state index in [1.54, 1.807) is 0 Å². The minimum Gasteiger partial charge on any atom is -0.493 e. The van der Waals surface area contributed by atoms with Gasteiger partial charge >= 0.3 is 0 Å². The van der Waals surface area contributed by atoms with Crippen LogP contribution in [-0.4, -0.2) is 19.4 Å². The standard InChI is InChI=1S/C17H20BrNOS/c1-13(19-2)14-6-8-17(9-7-14)21-11-10-20-16-5-3-4-15(18)12-16/h3-9,12-13,19H,10-11H2,1-2H3. The van der Waals surface area contributed by atoms with Crippen molar-refractivity contribution in [3.63, 3.8) is 0 Å². The van der Waals surface area contributed by atoms with E-state index in [0.717, 1.165) is 16.0 Å². The van der Waals surface area contributed by atoms with E-state index in [0.29, 0.717) is 12.6 Å². The first-order valence-electron chi connectivity index (χ1n) is 6.97. The Labute approximate surface area is 139 Å². The number of halogens is 1. The van der Waals surface area contributed by atoms with Crippen molar-refractivity contribution in [3.05, 3.63) is 58.6 Å². The molecule has 0 fully saturated rings. The Morgan fingerprint density at radius 1 is 1.19 bits per heavy atom. The molecule has 2 aromatic rings. The van der Waals surface area contributed by atoms with Gasteiger partial charge in [-0.25, -0.2) is 0 Å². The van der Waals surface area contributed by atoms with Crippen molar-refractivity contribution < 1.29 is 4.74 Å². The predicted molar refractivity (Wildman–Crippen MR) is 94.3 cm³/mol. The van der Waals surface area contributed by atoms with Gasteiger partial charge in [-0.05, 0) is 49.9 Å². The molecular weight excluding hydrogens is 346 g/mol. The molecule has 0 radical (unpaired) electrons. The zero-order valence-corrected chi connectivity index (χ0v) is 14.7. The van der Waals surface area contributed by atoms with Crippen LogP contribution < -0.4 is 10.1 Å². The van der Waals surface area contributed by atoms with Gasteiger partial charge in [-0.3, -0.25) is 0 Å². The fourth-order valence-electron chi connectivity index (χ4n) is 1.90. The number of benzene rings is 2. The van der Waals surface area contributed by atoms with Crippen LogP contribution in [0, 0.1) is 0 Å². The Kier molecular flexibility index (Phi) is 6.61. The van der Waals surface area contributed by atoms with Crippen LogP contribution in [0.4, 0.5) is 0 Å². The number of ether oxygens (including phenoxy) is 1. The van der Waals surface area contributed by atoms with Crippen LogP contribution in [0.1, 0.15) is 18.5 Å². The molecule has 0 saturated heterocycles. The molecule has 1 N–H and O–H groups in total. The summed E-state index contributed by atoms with van der Waals surface area (Å²) >= 11 is 5.26. The molecule has 2 nitrogen and oxygen atoms in total. The van der Waals surface area contributed by atoms with Crippen molar-refractivity contribution in [2.75, 3.05) is 19.4 Å². The van der Waals surface area contributed by atoms with Gasteiger partial charge in [0.15, 0.2) is 0 Å². The lowest BCUT2D eigenvalue weighted by atomic mass is 10.1. The second kappa shape index (κ2) is 8.47. The van der Waals surface area contributed by atoms with Gasteiger partial charge in [-0.2, -0.15) is 0 Å². The molecule has 0 spiro atoms. The maximum absolute atomic E-state index is 5.73. The Balaban J connectivity index is 1.76. The van der Waals surface area contributed by atoms with E-state index in [1.165, 1.54) is 10.5 Å². The number of thioether (sulfide) groups is 1. The number of nitrogens with one attached hydrogen (secondary N) is 1. The van der Waals surface area contributed by atoms with Gasteiger partial charge in [0, 0.05) is 21.2 Å². The fraction of sp³-hybridized carbons (Fsp3) is 0.294. The summed E-state index contributed by atoms with van der Waals surface area (Å²) < 4.78 is 6.77. The maximum atomic E-state index is 5.73. The van der Waals surface area contributed by atoms with E-state index in [4.69, 9.17) is 4.74 Å². The summed E-state index contributed by atoms with van der Waals surface area (Å²) in [6.45, 7) is 2.86. The summed E-state index contributed by atoms with van der Waals surface area (Å²) in [6, 6.07) is 17.0. The minimum atomic E-state index is 0.393. The minimum absolute atomic E-state index is 0.393. The first kappa shape index (κ1) is 16.4. The monoisotopic (exact) mass is 365 g/mol. The third-order valence-corrected chi connectivity index (χ3v) is 4.70. The van der Waals surface area contributed by atoms with Crippen molar-refractivity contribution in [1.29, 1.82) is 0 Å². The average Bonchev–Trinajstić information content (AvgIpc) is 2.51. The molecule has 4 heteroatoms. The van der Waals surface area contributed by atoms with Crippen LogP contribution in [0.2, 0.25) is 0 Å². The molecule has 0 aliphatic carbocycles. The fourth-order valence-corrected chi connectivity index (χ4v) is 3.00. The predicted octanol–water partition coefficient (Wildman–Crippen LogP) is 4.90. The quantitative estimate of drug-likeness (QED) is 0.556. The van der Waals surface area contributed by atoms with Gasteiger partial charge in [-0.15, -0.1) is 11.8 Å². The molecule has 0 heterocycles. The van der Waals surface area contributed by atoms with Crippen molar-refractivity contribution in [1.82, 2.24) is 5.32 Å². The molecule has 2 rings (SSSR count). The van der Waals surface area contributed by atoms with Gasteiger partial charge < -0.3 is 10.1 Å². The van der Waals surface area contributed by atoms with Gasteiger partial charge in [0.1, 0.15) is 5.75 Å². The van der Waals surface area contributed by atoms with Gasteiger partial charge in [-0.1, -0.05) is 34.1 Å². The highest BCUT2D eigenvalue weighted by atomic mass is 79.9. The maximum Gasteiger partial charge on any atom is 0.120 e. The van der Waals surface area contributed by atoms with Crippen LogP contribution in [0.3, 0.4) is 0 Å². The Bertz CT molecular complexity index is 559. The largest absolute Gasteiger partial charge is 0.493 e. The van der Waals surface area contributed by atoms with Gasteiger partial charge in [0.05, 0.1) is 6.61 Å². The normalized spacial score (nSPS) is 12.1. The summed E-state index contributed by atoms with van der Waals surface area (Å²) in [6.07, 6.45) is 0. The number of hydrogen-bond acceptors (Lipinski definition) is 3. The van der Waals surface area contributed by atoms with Crippen molar-refractivity contribution in [2.24, 2.45) is 0 Å². The van der Waals surface area contributed by atoms with Crippen LogP contribution in [-0.2, 0) is 0 Å². The van der Waals surface area contributed by atoms with E-state index in [2.05, 4.69) is 52.4 Å². The summed E-state index contributed by atoms with van der Waals surface area (Å²) in [5.41, 5.74) is 1.31. The summed E-state index contributed by atoms with van der Waals surface area (Å²) in [5.74, 6) is 1.84. The molecule has 1 atom stereocenters. The Morgan fingerprint density at radius 2 is 1.95 bits per heavy atom. The smallest absolute Gasteiger partial charge is 0.120 e. The number of rotatable bonds is 7. The van der Waals surface area contributed by atoms with Crippen LogP contribution in [0.25, 0.3) is 0 Å². The van der Waals surface area contributed by atoms with E-state index in [1.807, 2.05) is 43.1 Å². The topological polar surface area (TPSA) is 21.3 Å². The Morgan fingerprint density at radius 3 is 2.62 bits per heavy atom. The second-order valence-electron chi connectivity index (χ2n) is 4.73. The third-order valence-electron chi connectivity index (χ3n) is 3.23. The lowest BCUT2D eigenvalue weighted by Crippen LogP contribution is -2.11. The van der Waals surface area contributed by atoms with Crippen molar-refractivity contribution in [2.45, 2.75) is 17.9 Å². The van der Waals surface area contributed by atoms with Crippen LogP contribution in [0.15, 0.2) is 57.9 Å². The van der Waals surface area contributed by atoms with E-state index >= 15 is 0 Å². The number of hydrogen-bond donors (Lipinski definition) is 1. The summed E-state index contributed by atoms with van der Waals surface area (Å²) in [4.78, 5) is 1.28. The molecule has 0 saturated carbocycles. The van der Waals surface area contributed by atoms with E-state index < -0.39 is 0 Å². The molecule has 0 aromatic heterocycles. The highest BCUT2D eigenvalue weighted by Gasteiger charge is 2.02. The lowest BCUT2D eigenvalue weighted by Gasteiger charge is -2.11. The first-order chi connectivity index (χ1) is 10.2. The summed E-state index contributed by atoms with van der Waals surface area (Å²) in [5, 5.41) is 3.25. The van der Waals surface area contributed by atoms with Crippen molar-refractivity contribution >= 4 is 27.7 Å². The molecule has 1 unspecified atom stereocenters. The highest BCUT2D eigenvalue weighted by Crippen LogP contribution is 2.22. The SMILES string of the molecule is CNC(C)c1ccc(SCCOc2cccc(Br)c2)cc1. The molecule has 21 heavy (non-hydrogen) atoms. The average molecular weight is 366 g/mol. The van der Waals surface area contributed by atoms with Gasteiger partial charge in [0.2, 0.25) is 0 Å². The Hall–Kier alpha value is -0.970. The second-order valence-corrected chi connectivity index (χ2v) is 6.82. The molecular formula is C17H20BrNOS. The van der Waals surface area contributed by atoms with Gasteiger partial charge in [0.25, 0.3) is 0 Å². The molecule has 2 aromatic carbocycles. The summed E-state index contributed by atoms with van der Waals surface area (Å²) in [7, 11) is 1.98. The highest BCUT2D eigenvalue weighted by molar-refractivity contribution is 9.10. The molecule has 0 aliphatic rings. The van der Waals surface area contributed by atoms with E-state index in [9.17, 15) is 0 Å². The first-order valence-corrected chi connectivity index (χ1v) is 8.75. The zero-order valence-electron chi connectivity index (χ0n) is 12.3. The third kappa shape index (κ3) is 5.38. The van der Waals surface area contributed by atoms with Crippen LogP contribution >= 0.6 is 27.7 Å². The zero-order chi connectivity index (χ0) is 15.1. The molecule has 112 valence electrons. The van der Waals surface area contributed by atoms with Crippen molar-refractivity contribution in [3.8, 4) is 5.75 Å². The molecule has 0 bridgehead atoms.